The molecule has 0 radical (unpaired) electrons. The molecule has 1 saturated heterocycles. The number of aromatic nitrogens is 3. The fraction of sp³-hybridized carbons (Fsp3) is 0.278. The van der Waals surface area contributed by atoms with Crippen molar-refractivity contribution in [3.63, 3.8) is 0 Å². The van der Waals surface area contributed by atoms with Gasteiger partial charge in [0.1, 0.15) is 11.8 Å². The molecular formula is C18H19N5O. The van der Waals surface area contributed by atoms with E-state index in [1.807, 2.05) is 45.9 Å². The second-order valence-electron chi connectivity index (χ2n) is 6.17. The number of fused-ring (bicyclic) bond motifs is 1. The predicted molar refractivity (Wildman–Crippen MR) is 92.0 cm³/mol. The normalized spacial score (nSPS) is 18.0. The lowest BCUT2D eigenvalue weighted by atomic mass is 10.1. The molecule has 1 aliphatic heterocycles. The van der Waals surface area contributed by atoms with Gasteiger partial charge in [0.25, 0.3) is 5.91 Å². The molecular weight excluding hydrogens is 302 g/mol. The third kappa shape index (κ3) is 2.65. The van der Waals surface area contributed by atoms with Gasteiger partial charge in [-0.1, -0.05) is 18.2 Å². The first-order chi connectivity index (χ1) is 11.7. The maximum Gasteiger partial charge on any atom is 0.255 e. The zero-order chi connectivity index (χ0) is 16.5. The number of hydrogen-bond donors (Lipinski definition) is 1. The Balaban J connectivity index is 1.66. The van der Waals surface area contributed by atoms with Crippen molar-refractivity contribution in [2.24, 2.45) is 5.73 Å². The lowest BCUT2D eigenvalue weighted by molar-refractivity contribution is 0.0708. The van der Waals surface area contributed by atoms with Gasteiger partial charge in [0.2, 0.25) is 0 Å². The maximum atomic E-state index is 12.7. The molecule has 0 aliphatic carbocycles. The molecule has 1 fully saturated rings. The van der Waals surface area contributed by atoms with Crippen LogP contribution in [0.5, 0.6) is 0 Å². The number of piperidine rings is 1. The molecule has 4 rings (SSSR count). The van der Waals surface area contributed by atoms with Crippen molar-refractivity contribution in [2.75, 3.05) is 13.1 Å². The number of likely N-dealkylation sites (tertiary alicyclic amines) is 1. The quantitative estimate of drug-likeness (QED) is 0.783. The fourth-order valence-corrected chi connectivity index (χ4v) is 3.17. The van der Waals surface area contributed by atoms with E-state index in [1.54, 1.807) is 12.5 Å². The van der Waals surface area contributed by atoms with Crippen molar-refractivity contribution < 1.29 is 4.79 Å². The van der Waals surface area contributed by atoms with Crippen LogP contribution in [0.1, 0.15) is 23.2 Å². The molecule has 24 heavy (non-hydrogen) atoms. The lowest BCUT2D eigenvalue weighted by Crippen LogP contribution is -2.45. The minimum atomic E-state index is -0.0196. The maximum absolute atomic E-state index is 12.7. The van der Waals surface area contributed by atoms with Crippen molar-refractivity contribution in [1.29, 1.82) is 0 Å². The van der Waals surface area contributed by atoms with E-state index in [4.69, 9.17) is 5.73 Å². The van der Waals surface area contributed by atoms with Crippen LogP contribution in [-0.2, 0) is 0 Å². The van der Waals surface area contributed by atoms with Gasteiger partial charge in [-0.2, -0.15) is 0 Å². The summed E-state index contributed by atoms with van der Waals surface area (Å²) in [6.07, 6.45) is 5.29. The number of carbonyl (C=O) groups excluding carboxylic acids is 1. The van der Waals surface area contributed by atoms with Gasteiger partial charge >= 0.3 is 0 Å². The second kappa shape index (κ2) is 6.05. The van der Waals surface area contributed by atoms with Crippen LogP contribution in [0.3, 0.4) is 0 Å². The lowest BCUT2D eigenvalue weighted by Gasteiger charge is -2.30. The summed E-state index contributed by atoms with van der Waals surface area (Å²) in [6.45, 7) is 1.36. The van der Waals surface area contributed by atoms with E-state index in [2.05, 4.69) is 9.97 Å². The summed E-state index contributed by atoms with van der Waals surface area (Å²) in [6, 6.07) is 11.8. The van der Waals surface area contributed by atoms with E-state index in [9.17, 15) is 4.79 Å². The highest BCUT2D eigenvalue weighted by atomic mass is 16.2. The van der Waals surface area contributed by atoms with Gasteiger partial charge in [-0.15, -0.1) is 0 Å². The van der Waals surface area contributed by atoms with E-state index < -0.39 is 0 Å². The molecule has 1 atom stereocenters. The molecule has 1 aromatic carbocycles. The van der Waals surface area contributed by atoms with Crippen molar-refractivity contribution in [3.8, 4) is 5.69 Å². The Kier molecular flexibility index (Phi) is 3.74. The number of rotatable bonds is 2. The van der Waals surface area contributed by atoms with Crippen LogP contribution < -0.4 is 5.73 Å². The summed E-state index contributed by atoms with van der Waals surface area (Å²) in [5.41, 5.74) is 8.99. The summed E-state index contributed by atoms with van der Waals surface area (Å²) >= 11 is 0. The van der Waals surface area contributed by atoms with Crippen molar-refractivity contribution in [2.45, 2.75) is 18.9 Å². The van der Waals surface area contributed by atoms with Crippen LogP contribution in [0.2, 0.25) is 0 Å². The molecule has 3 heterocycles. The van der Waals surface area contributed by atoms with Crippen LogP contribution in [0.15, 0.2) is 48.9 Å². The molecule has 0 spiro atoms. The second-order valence-corrected chi connectivity index (χ2v) is 6.17. The molecule has 1 aliphatic rings. The monoisotopic (exact) mass is 321 g/mol. The Hall–Kier alpha value is -2.73. The molecule has 1 unspecified atom stereocenters. The Bertz CT molecular complexity index is 874. The van der Waals surface area contributed by atoms with Crippen molar-refractivity contribution in [3.05, 3.63) is 54.5 Å². The number of carbonyl (C=O) groups is 1. The molecule has 1 amide bonds. The van der Waals surface area contributed by atoms with E-state index >= 15 is 0 Å². The fourth-order valence-electron chi connectivity index (χ4n) is 3.17. The molecule has 0 saturated carbocycles. The highest BCUT2D eigenvalue weighted by Crippen LogP contribution is 2.19. The largest absolute Gasteiger partial charge is 0.337 e. The summed E-state index contributed by atoms with van der Waals surface area (Å²) in [5, 5.41) is 0. The van der Waals surface area contributed by atoms with Gasteiger partial charge in [-0.3, -0.25) is 9.36 Å². The third-order valence-electron chi connectivity index (χ3n) is 4.41. The molecule has 3 aromatic rings. The van der Waals surface area contributed by atoms with Crippen LogP contribution in [0.4, 0.5) is 0 Å². The topological polar surface area (TPSA) is 77.0 Å². The number of benzene rings is 1. The summed E-state index contributed by atoms with van der Waals surface area (Å²) in [4.78, 5) is 23.3. The van der Waals surface area contributed by atoms with Crippen LogP contribution in [0.25, 0.3) is 16.9 Å². The van der Waals surface area contributed by atoms with Gasteiger partial charge in [0.15, 0.2) is 5.65 Å². The molecule has 2 N–H and O–H groups in total. The minimum Gasteiger partial charge on any atom is -0.337 e. The first-order valence-electron chi connectivity index (χ1n) is 8.16. The van der Waals surface area contributed by atoms with E-state index in [0.29, 0.717) is 17.6 Å². The Labute approximate surface area is 139 Å². The summed E-state index contributed by atoms with van der Waals surface area (Å²) in [5.74, 6) is -0.0196. The van der Waals surface area contributed by atoms with E-state index in [0.717, 1.165) is 30.7 Å². The zero-order valence-corrected chi connectivity index (χ0v) is 13.3. The number of hydrogen-bond acceptors (Lipinski definition) is 4. The number of nitrogens with zero attached hydrogens (tertiary/aromatic N) is 4. The van der Waals surface area contributed by atoms with Gasteiger partial charge < -0.3 is 10.6 Å². The predicted octanol–water partition coefficient (Wildman–Crippen LogP) is 1.98. The highest BCUT2D eigenvalue weighted by molar-refractivity contribution is 5.96. The first kappa shape index (κ1) is 14.8. The van der Waals surface area contributed by atoms with Gasteiger partial charge in [0.05, 0.1) is 5.56 Å². The smallest absolute Gasteiger partial charge is 0.255 e. The zero-order valence-electron chi connectivity index (χ0n) is 13.3. The molecule has 2 aromatic heterocycles. The minimum absolute atomic E-state index is 0.0196. The van der Waals surface area contributed by atoms with Crippen molar-refractivity contribution >= 4 is 17.1 Å². The van der Waals surface area contributed by atoms with Crippen LogP contribution in [0, 0.1) is 0 Å². The van der Waals surface area contributed by atoms with Crippen LogP contribution in [-0.4, -0.2) is 44.5 Å². The van der Waals surface area contributed by atoms with Crippen LogP contribution >= 0.6 is 0 Å². The first-order valence-corrected chi connectivity index (χ1v) is 8.16. The average molecular weight is 321 g/mol. The number of imidazole rings is 1. The van der Waals surface area contributed by atoms with Crippen molar-refractivity contribution in [1.82, 2.24) is 19.4 Å². The molecule has 6 heteroatoms. The molecule has 6 nitrogen and oxygen atoms in total. The Morgan fingerprint density at radius 2 is 2.04 bits per heavy atom. The number of para-hydroxylation sites is 1. The van der Waals surface area contributed by atoms with E-state index in [1.165, 1.54) is 0 Å². The molecule has 122 valence electrons. The number of amides is 1. The Morgan fingerprint density at radius 1 is 1.21 bits per heavy atom. The van der Waals surface area contributed by atoms with Gasteiger partial charge in [-0.05, 0) is 31.0 Å². The SMILES string of the molecule is NC1CCCN(C(=O)c2cnc3c(c2)ncn3-c2ccccc2)C1. The number of pyridine rings is 1. The third-order valence-corrected chi connectivity index (χ3v) is 4.41. The average Bonchev–Trinajstić information content (AvgIpc) is 3.05. The standard InChI is InChI=1S/C18H19N5O/c19-14-5-4-8-22(11-14)18(24)13-9-16-17(20-10-13)23(12-21-16)15-6-2-1-3-7-15/h1-3,6-7,9-10,12,14H,4-5,8,11,19H2. The summed E-state index contributed by atoms with van der Waals surface area (Å²) < 4.78 is 1.92. The summed E-state index contributed by atoms with van der Waals surface area (Å²) in [7, 11) is 0. The highest BCUT2D eigenvalue weighted by Gasteiger charge is 2.23. The molecule has 0 bridgehead atoms. The Morgan fingerprint density at radius 3 is 2.83 bits per heavy atom. The van der Waals surface area contributed by atoms with E-state index in [-0.39, 0.29) is 11.9 Å². The van der Waals surface area contributed by atoms with Gasteiger partial charge in [-0.25, -0.2) is 9.97 Å². The van der Waals surface area contributed by atoms with Gasteiger partial charge in [0, 0.05) is 31.0 Å². The number of nitrogens with two attached hydrogens (primary N) is 1.